The second-order valence-electron chi connectivity index (χ2n) is 5.86. The molecule has 3 aliphatic rings. The Balaban J connectivity index is 1.55. The molecule has 0 aromatic carbocycles. The van der Waals surface area contributed by atoms with Crippen LogP contribution in [0.5, 0.6) is 0 Å². The Morgan fingerprint density at radius 3 is 2.71 bits per heavy atom. The fourth-order valence-corrected chi connectivity index (χ4v) is 6.92. The van der Waals surface area contributed by atoms with Crippen molar-refractivity contribution in [2.75, 3.05) is 6.61 Å². The number of hydrogen-bond donors (Lipinski definition) is 3. The first-order valence-electron chi connectivity index (χ1n) is 8.14. The molecule has 1 aromatic heterocycles. The van der Waals surface area contributed by atoms with Gasteiger partial charge in [0.15, 0.2) is 0 Å². The van der Waals surface area contributed by atoms with Gasteiger partial charge in [0, 0.05) is 12.6 Å². The van der Waals surface area contributed by atoms with Crippen LogP contribution in [0.25, 0.3) is 0 Å². The van der Waals surface area contributed by atoms with E-state index >= 15 is 0 Å². The van der Waals surface area contributed by atoms with Gasteiger partial charge in [0.05, 0.1) is 26.1 Å². The maximum atomic E-state index is 12.1. The molecule has 28 heavy (non-hydrogen) atoms. The molecule has 11 heteroatoms. The number of hydrogen-bond acceptors (Lipinski definition) is 9. The number of thioether (sulfide) groups is 4. The van der Waals surface area contributed by atoms with Gasteiger partial charge in [-0.05, 0) is 16.2 Å². The van der Waals surface area contributed by atoms with Crippen LogP contribution in [0.2, 0.25) is 0 Å². The average molecular weight is 455 g/mol. The van der Waals surface area contributed by atoms with Crippen molar-refractivity contribution in [3.63, 3.8) is 0 Å². The van der Waals surface area contributed by atoms with E-state index in [1.807, 2.05) is 16.2 Å². The van der Waals surface area contributed by atoms with Crippen molar-refractivity contribution < 1.29 is 14.9 Å². The number of rotatable bonds is 2. The van der Waals surface area contributed by atoms with E-state index in [2.05, 4.69) is 16.8 Å². The number of aromatic nitrogens is 2. The monoisotopic (exact) mass is 454 g/mol. The zero-order chi connectivity index (χ0) is 19.7. The minimum atomic E-state index is -0.882. The van der Waals surface area contributed by atoms with Gasteiger partial charge in [-0.15, -0.1) is 0 Å². The number of nitrogens with one attached hydrogen (secondary N) is 1. The lowest BCUT2D eigenvalue weighted by Gasteiger charge is -2.14. The lowest BCUT2D eigenvalue weighted by molar-refractivity contribution is -0.0459. The number of aromatic amines is 1. The zero-order valence-electron chi connectivity index (χ0n) is 14.2. The van der Waals surface area contributed by atoms with Gasteiger partial charge in [-0.25, -0.2) is 4.79 Å². The van der Waals surface area contributed by atoms with Crippen LogP contribution in [0.4, 0.5) is 0 Å². The molecule has 146 valence electrons. The summed E-state index contributed by atoms with van der Waals surface area (Å²) < 4.78 is 9.06. The highest BCUT2D eigenvalue weighted by Gasteiger charge is 2.35. The molecule has 0 amide bonds. The van der Waals surface area contributed by atoms with Crippen LogP contribution in [0.1, 0.15) is 18.2 Å². The zero-order valence-corrected chi connectivity index (χ0v) is 17.4. The summed E-state index contributed by atoms with van der Waals surface area (Å²) >= 11 is 6.50. The molecule has 1 fully saturated rings. The second kappa shape index (κ2) is 8.62. The topological polar surface area (TPSA) is 105 Å². The van der Waals surface area contributed by atoms with E-state index in [-0.39, 0.29) is 18.6 Å². The van der Waals surface area contributed by atoms with Crippen LogP contribution in [0.15, 0.2) is 45.4 Å². The molecule has 1 aromatic rings. The fourth-order valence-electron chi connectivity index (χ4n) is 2.67. The van der Waals surface area contributed by atoms with E-state index in [1.54, 1.807) is 47.0 Å². The van der Waals surface area contributed by atoms with Crippen LogP contribution in [0.3, 0.4) is 0 Å². The van der Waals surface area contributed by atoms with Gasteiger partial charge in [-0.2, -0.15) is 0 Å². The third-order valence-electron chi connectivity index (χ3n) is 4.03. The molecule has 3 atom stereocenters. The SMILES string of the molecule is O=c1[nH]c(=O)n([C@H]2C[C@H](O)[C@@H](CO)O2)cc1C#CC1=CSC(=C2SC=CS2)S1. The third-order valence-corrected chi connectivity index (χ3v) is 8.97. The molecule has 0 spiro atoms. The fraction of sp³-hybridized carbons (Fsp3) is 0.294. The molecule has 4 rings (SSSR count). The van der Waals surface area contributed by atoms with Crippen LogP contribution < -0.4 is 11.2 Å². The van der Waals surface area contributed by atoms with Crippen molar-refractivity contribution in [1.29, 1.82) is 0 Å². The molecule has 0 aliphatic carbocycles. The first-order chi connectivity index (χ1) is 13.5. The summed E-state index contributed by atoms with van der Waals surface area (Å²) in [4.78, 5) is 27.3. The summed E-state index contributed by atoms with van der Waals surface area (Å²) in [7, 11) is 0. The van der Waals surface area contributed by atoms with Gasteiger partial charge in [0.1, 0.15) is 17.9 Å². The van der Waals surface area contributed by atoms with Crippen LogP contribution >= 0.6 is 47.0 Å². The van der Waals surface area contributed by atoms with Crippen LogP contribution in [-0.2, 0) is 4.74 Å². The number of aliphatic hydroxyl groups is 2. The minimum Gasteiger partial charge on any atom is -0.394 e. The maximum Gasteiger partial charge on any atom is 0.330 e. The molecule has 3 N–H and O–H groups in total. The molecular formula is C17H14N2O5S4. The summed E-state index contributed by atoms with van der Waals surface area (Å²) in [6.07, 6.45) is -0.935. The molecule has 4 heterocycles. The number of H-pyrrole nitrogens is 1. The molecule has 0 saturated carbocycles. The van der Waals surface area contributed by atoms with Crippen LogP contribution in [-0.4, -0.2) is 38.6 Å². The van der Waals surface area contributed by atoms with E-state index in [0.717, 1.165) is 9.14 Å². The Kier molecular flexibility index (Phi) is 6.17. The smallest absolute Gasteiger partial charge is 0.330 e. The van der Waals surface area contributed by atoms with Gasteiger partial charge in [0.25, 0.3) is 5.56 Å². The highest BCUT2D eigenvalue weighted by molar-refractivity contribution is 8.33. The van der Waals surface area contributed by atoms with Crippen molar-refractivity contribution in [3.8, 4) is 11.8 Å². The van der Waals surface area contributed by atoms with E-state index in [9.17, 15) is 19.8 Å². The Labute approximate surface area is 176 Å². The Hall–Kier alpha value is -1.26. The number of allylic oxidation sites excluding steroid dienone is 1. The van der Waals surface area contributed by atoms with E-state index in [0.29, 0.717) is 0 Å². The van der Waals surface area contributed by atoms with Gasteiger partial charge >= 0.3 is 5.69 Å². The highest BCUT2D eigenvalue weighted by Crippen LogP contribution is 2.52. The van der Waals surface area contributed by atoms with Gasteiger partial charge < -0.3 is 14.9 Å². The Bertz CT molecular complexity index is 1050. The molecule has 1 saturated heterocycles. The number of aliphatic hydroxyl groups excluding tert-OH is 2. The summed E-state index contributed by atoms with van der Waals surface area (Å²) in [5.74, 6) is 5.79. The van der Waals surface area contributed by atoms with Crippen molar-refractivity contribution in [2.45, 2.75) is 24.9 Å². The molecule has 0 radical (unpaired) electrons. The average Bonchev–Trinajstić information content (AvgIpc) is 3.41. The standard InChI is InChI=1S/C17H14N2O5S4/c20-7-12-11(21)5-13(24-12)19-6-9(14(22)18-17(19)23)1-2-10-8-27-16(28-10)15-25-3-4-26-15/h3-4,6,8,11-13,20-21H,5,7H2,(H,18,22,23)/t11-,12+,13+/m0/s1. The quantitative estimate of drug-likeness (QED) is 0.578. The minimum absolute atomic E-state index is 0.129. The summed E-state index contributed by atoms with van der Waals surface area (Å²) in [6.45, 7) is -0.352. The molecule has 0 bridgehead atoms. The Morgan fingerprint density at radius 2 is 2.00 bits per heavy atom. The first-order valence-corrected chi connectivity index (χ1v) is 11.6. The Morgan fingerprint density at radius 1 is 1.21 bits per heavy atom. The van der Waals surface area contributed by atoms with E-state index in [1.165, 1.54) is 15.0 Å². The predicted molar refractivity (Wildman–Crippen MR) is 114 cm³/mol. The van der Waals surface area contributed by atoms with Gasteiger partial charge in [0.2, 0.25) is 0 Å². The van der Waals surface area contributed by atoms with Crippen molar-refractivity contribution >= 4 is 47.0 Å². The lowest BCUT2D eigenvalue weighted by Crippen LogP contribution is -2.33. The summed E-state index contributed by atoms with van der Waals surface area (Å²) in [5.41, 5.74) is -1.10. The first kappa shape index (κ1) is 20.0. The van der Waals surface area contributed by atoms with Gasteiger partial charge in [-0.1, -0.05) is 58.9 Å². The summed E-state index contributed by atoms with van der Waals surface area (Å²) in [5, 5.41) is 25.1. The largest absolute Gasteiger partial charge is 0.394 e. The normalized spacial score (nSPS) is 26.5. The van der Waals surface area contributed by atoms with Crippen molar-refractivity contribution in [3.05, 3.63) is 62.2 Å². The van der Waals surface area contributed by atoms with Gasteiger partial charge in [-0.3, -0.25) is 14.3 Å². The molecule has 0 unspecified atom stereocenters. The molecule has 3 aliphatic heterocycles. The number of ether oxygens (including phenoxy) is 1. The maximum absolute atomic E-state index is 12.1. The van der Waals surface area contributed by atoms with Crippen molar-refractivity contribution in [1.82, 2.24) is 9.55 Å². The van der Waals surface area contributed by atoms with Crippen molar-refractivity contribution in [2.24, 2.45) is 0 Å². The summed E-state index contributed by atoms with van der Waals surface area (Å²) in [6, 6.07) is 0. The predicted octanol–water partition coefficient (Wildman–Crippen LogP) is 1.93. The third kappa shape index (κ3) is 4.18. The molecular weight excluding hydrogens is 440 g/mol. The van der Waals surface area contributed by atoms with E-state index < -0.39 is 29.7 Å². The number of nitrogens with zero attached hydrogens (tertiary/aromatic N) is 1. The second-order valence-corrected chi connectivity index (χ2v) is 10.1. The van der Waals surface area contributed by atoms with E-state index in [4.69, 9.17) is 4.74 Å². The highest BCUT2D eigenvalue weighted by atomic mass is 32.2. The lowest BCUT2D eigenvalue weighted by atomic mass is 10.2. The van der Waals surface area contributed by atoms with Crippen LogP contribution in [0, 0.1) is 11.8 Å². The molecule has 7 nitrogen and oxygen atoms in total.